The Labute approximate surface area is 100 Å². The van der Waals surface area contributed by atoms with E-state index < -0.39 is 5.76 Å². The fourth-order valence-corrected chi connectivity index (χ4v) is 2.37. The minimum atomic E-state index is -0.441. The summed E-state index contributed by atoms with van der Waals surface area (Å²) in [7, 11) is 0. The molecule has 3 rings (SSSR count). The van der Waals surface area contributed by atoms with E-state index in [1.165, 1.54) is 0 Å². The number of fused-ring (bicyclic) bond motifs is 1. The molecule has 0 spiro atoms. The summed E-state index contributed by atoms with van der Waals surface area (Å²) in [6.07, 6.45) is 0.874. The molecule has 2 heterocycles. The van der Waals surface area contributed by atoms with Gasteiger partial charge in [-0.2, -0.15) is 0 Å². The van der Waals surface area contributed by atoms with Gasteiger partial charge in [0.15, 0.2) is 5.58 Å². The van der Waals surface area contributed by atoms with Gasteiger partial charge in [0, 0.05) is 5.56 Å². The molecule has 0 aliphatic carbocycles. The molecule has 0 saturated heterocycles. The summed E-state index contributed by atoms with van der Waals surface area (Å²) in [5, 5.41) is 10.0. The van der Waals surface area contributed by atoms with Crippen LogP contribution in [-0.4, -0.2) is 15.2 Å². The molecule has 17 heavy (non-hydrogen) atoms. The highest BCUT2D eigenvalue weighted by molar-refractivity contribution is 7.14. The van der Waals surface area contributed by atoms with Crippen LogP contribution >= 0.6 is 11.3 Å². The van der Waals surface area contributed by atoms with Crippen LogP contribution in [0.3, 0.4) is 0 Å². The minimum Gasteiger partial charge on any atom is -0.408 e. The number of hydrogen-bond acceptors (Lipinski definition) is 5. The van der Waals surface area contributed by atoms with E-state index in [2.05, 4.69) is 15.2 Å². The van der Waals surface area contributed by atoms with Crippen molar-refractivity contribution in [3.05, 3.63) is 33.8 Å². The Morgan fingerprint density at radius 2 is 2.29 bits per heavy atom. The minimum absolute atomic E-state index is 0.441. The van der Waals surface area contributed by atoms with Crippen LogP contribution in [0.25, 0.3) is 21.7 Å². The summed E-state index contributed by atoms with van der Waals surface area (Å²) < 4.78 is 5.01. The molecular formula is C11H9N3O2S. The number of aromatic amines is 1. The van der Waals surface area contributed by atoms with Crippen LogP contribution < -0.4 is 5.76 Å². The molecule has 0 unspecified atom stereocenters. The number of aryl methyl sites for hydroxylation is 1. The Kier molecular flexibility index (Phi) is 2.29. The van der Waals surface area contributed by atoms with E-state index in [9.17, 15) is 4.79 Å². The lowest BCUT2D eigenvalue weighted by molar-refractivity contribution is 0.555. The monoisotopic (exact) mass is 247 g/mol. The molecule has 6 heteroatoms. The fraction of sp³-hybridized carbons (Fsp3) is 0.182. The van der Waals surface area contributed by atoms with E-state index in [0.717, 1.165) is 22.0 Å². The summed E-state index contributed by atoms with van der Waals surface area (Å²) in [6, 6.07) is 5.50. The van der Waals surface area contributed by atoms with Gasteiger partial charge in [-0.1, -0.05) is 18.3 Å². The van der Waals surface area contributed by atoms with Crippen molar-refractivity contribution in [2.45, 2.75) is 13.3 Å². The van der Waals surface area contributed by atoms with E-state index in [4.69, 9.17) is 4.42 Å². The van der Waals surface area contributed by atoms with Crippen LogP contribution in [0.1, 0.15) is 11.9 Å². The quantitative estimate of drug-likeness (QED) is 0.753. The van der Waals surface area contributed by atoms with Crippen LogP contribution in [0.5, 0.6) is 0 Å². The van der Waals surface area contributed by atoms with Gasteiger partial charge in [-0.25, -0.2) is 4.79 Å². The second kappa shape index (κ2) is 3.81. The number of benzene rings is 1. The van der Waals surface area contributed by atoms with E-state index in [-0.39, 0.29) is 0 Å². The third kappa shape index (κ3) is 1.76. The van der Waals surface area contributed by atoms with Crippen LogP contribution in [0.15, 0.2) is 27.4 Å². The number of aromatic nitrogens is 3. The van der Waals surface area contributed by atoms with Gasteiger partial charge in [-0.3, -0.25) is 4.98 Å². The van der Waals surface area contributed by atoms with Crippen LogP contribution in [0, 0.1) is 0 Å². The van der Waals surface area contributed by atoms with Crippen molar-refractivity contribution in [2.24, 2.45) is 0 Å². The van der Waals surface area contributed by atoms with Crippen molar-refractivity contribution in [3.63, 3.8) is 0 Å². The van der Waals surface area contributed by atoms with E-state index >= 15 is 0 Å². The molecule has 1 aromatic carbocycles. The number of H-pyrrole nitrogens is 1. The van der Waals surface area contributed by atoms with Gasteiger partial charge < -0.3 is 4.42 Å². The van der Waals surface area contributed by atoms with Crippen LogP contribution in [-0.2, 0) is 6.42 Å². The van der Waals surface area contributed by atoms with Gasteiger partial charge in [-0.15, -0.1) is 10.2 Å². The van der Waals surface area contributed by atoms with Gasteiger partial charge in [0.1, 0.15) is 10.0 Å². The number of hydrogen-bond donors (Lipinski definition) is 1. The molecule has 0 saturated carbocycles. The summed E-state index contributed by atoms with van der Waals surface area (Å²) in [5.74, 6) is -0.441. The third-order valence-electron chi connectivity index (χ3n) is 2.44. The molecule has 0 aliphatic rings. The van der Waals surface area contributed by atoms with Crippen molar-refractivity contribution < 1.29 is 4.42 Å². The normalized spacial score (nSPS) is 11.1. The Morgan fingerprint density at radius 1 is 1.41 bits per heavy atom. The Hall–Kier alpha value is -1.95. The Bertz CT molecular complexity index is 725. The molecule has 0 atom stereocenters. The van der Waals surface area contributed by atoms with Crippen molar-refractivity contribution in [3.8, 4) is 10.6 Å². The molecule has 0 aliphatic heterocycles. The average Bonchev–Trinajstić information content (AvgIpc) is 2.92. The lowest BCUT2D eigenvalue weighted by Crippen LogP contribution is -1.92. The van der Waals surface area contributed by atoms with E-state index in [1.807, 2.05) is 19.1 Å². The summed E-state index contributed by atoms with van der Waals surface area (Å²) in [4.78, 5) is 13.6. The zero-order chi connectivity index (χ0) is 11.8. The standard InChI is InChI=1S/C11H9N3O2S/c1-2-9-13-14-10(17-9)6-3-4-7-8(5-6)16-11(15)12-7/h3-5H,2H2,1H3,(H,12,15). The number of oxazole rings is 1. The molecule has 5 nitrogen and oxygen atoms in total. The fourth-order valence-electron chi connectivity index (χ4n) is 1.59. The highest BCUT2D eigenvalue weighted by atomic mass is 32.1. The lowest BCUT2D eigenvalue weighted by Gasteiger charge is -1.93. The molecule has 3 aromatic rings. The van der Waals surface area contributed by atoms with Gasteiger partial charge in [-0.05, 0) is 24.6 Å². The molecule has 0 bridgehead atoms. The predicted octanol–water partition coefficient (Wildman–Crippen LogP) is 2.20. The summed E-state index contributed by atoms with van der Waals surface area (Å²) in [5.41, 5.74) is 2.15. The number of nitrogens with one attached hydrogen (secondary N) is 1. The maximum atomic E-state index is 11.0. The maximum absolute atomic E-state index is 11.0. The topological polar surface area (TPSA) is 71.8 Å². The first-order valence-corrected chi connectivity index (χ1v) is 6.03. The summed E-state index contributed by atoms with van der Waals surface area (Å²) >= 11 is 1.55. The molecule has 0 fully saturated rings. The van der Waals surface area contributed by atoms with Crippen molar-refractivity contribution in [2.75, 3.05) is 0 Å². The first kappa shape index (κ1) is 10.2. The molecular weight excluding hydrogens is 238 g/mol. The zero-order valence-electron chi connectivity index (χ0n) is 9.06. The molecule has 1 N–H and O–H groups in total. The number of nitrogens with zero attached hydrogens (tertiary/aromatic N) is 2. The maximum Gasteiger partial charge on any atom is 0.417 e. The van der Waals surface area contributed by atoms with Crippen LogP contribution in [0.2, 0.25) is 0 Å². The van der Waals surface area contributed by atoms with Gasteiger partial charge in [0.2, 0.25) is 0 Å². The smallest absolute Gasteiger partial charge is 0.408 e. The molecule has 2 aromatic heterocycles. The highest BCUT2D eigenvalue weighted by Crippen LogP contribution is 2.26. The zero-order valence-corrected chi connectivity index (χ0v) is 9.87. The number of rotatable bonds is 2. The Balaban J connectivity index is 2.13. The molecule has 0 amide bonds. The molecule has 0 radical (unpaired) electrons. The van der Waals surface area contributed by atoms with Gasteiger partial charge in [0.05, 0.1) is 5.52 Å². The SMILES string of the molecule is CCc1nnc(-c2ccc3[nH]c(=O)oc3c2)s1. The highest BCUT2D eigenvalue weighted by Gasteiger charge is 2.08. The average molecular weight is 247 g/mol. The second-order valence-electron chi connectivity index (χ2n) is 3.58. The Morgan fingerprint density at radius 3 is 3.06 bits per heavy atom. The predicted molar refractivity (Wildman–Crippen MR) is 65.1 cm³/mol. The van der Waals surface area contributed by atoms with Gasteiger partial charge in [0.25, 0.3) is 0 Å². The van der Waals surface area contributed by atoms with Gasteiger partial charge >= 0.3 is 5.76 Å². The van der Waals surface area contributed by atoms with Crippen molar-refractivity contribution >= 4 is 22.4 Å². The first-order valence-electron chi connectivity index (χ1n) is 5.22. The molecule has 86 valence electrons. The van der Waals surface area contributed by atoms with E-state index in [1.54, 1.807) is 17.4 Å². The lowest BCUT2D eigenvalue weighted by atomic mass is 10.2. The van der Waals surface area contributed by atoms with Crippen LogP contribution in [0.4, 0.5) is 0 Å². The third-order valence-corrected chi connectivity index (χ3v) is 3.55. The summed E-state index contributed by atoms with van der Waals surface area (Å²) in [6.45, 7) is 2.04. The van der Waals surface area contributed by atoms with E-state index in [0.29, 0.717) is 11.1 Å². The van der Waals surface area contributed by atoms with Crippen molar-refractivity contribution in [1.29, 1.82) is 0 Å². The largest absolute Gasteiger partial charge is 0.417 e. The second-order valence-corrected chi connectivity index (χ2v) is 4.64. The first-order chi connectivity index (χ1) is 8.26. The van der Waals surface area contributed by atoms with Crippen molar-refractivity contribution in [1.82, 2.24) is 15.2 Å².